The topological polar surface area (TPSA) is 20.2 Å². The van der Waals surface area contributed by atoms with Crippen molar-refractivity contribution in [1.29, 1.82) is 0 Å². The van der Waals surface area contributed by atoms with Crippen molar-refractivity contribution in [2.45, 2.75) is 12.3 Å². The van der Waals surface area contributed by atoms with Gasteiger partial charge in [0.25, 0.3) is 0 Å². The van der Waals surface area contributed by atoms with Crippen molar-refractivity contribution in [2.75, 3.05) is 0 Å². The third-order valence-electron chi connectivity index (χ3n) is 2.71. The fraction of sp³-hybridized carbons (Fsp3) is 0.143. The molecule has 0 saturated heterocycles. The van der Waals surface area contributed by atoms with Crippen LogP contribution in [0.15, 0.2) is 66.5 Å². The molecule has 76 valence electrons. The summed E-state index contributed by atoms with van der Waals surface area (Å²) in [6.45, 7) is 2.13. The molecule has 1 aliphatic rings. The van der Waals surface area contributed by atoms with Crippen LogP contribution in [0.1, 0.15) is 12.5 Å². The van der Waals surface area contributed by atoms with Gasteiger partial charge in [-0.3, -0.25) is 0 Å². The molecule has 0 radical (unpaired) electrons. The van der Waals surface area contributed by atoms with Crippen LogP contribution in [-0.4, -0.2) is 5.11 Å². The molecule has 0 spiro atoms. The van der Waals surface area contributed by atoms with Gasteiger partial charge in [-0.1, -0.05) is 48.6 Å². The quantitative estimate of drug-likeness (QED) is 0.732. The predicted octanol–water partition coefficient (Wildman–Crippen LogP) is 3.51. The Labute approximate surface area is 90.1 Å². The van der Waals surface area contributed by atoms with Gasteiger partial charge in [-0.15, -0.1) is 0 Å². The normalized spacial score (nSPS) is 24.7. The molecule has 0 amide bonds. The van der Waals surface area contributed by atoms with Crippen molar-refractivity contribution in [1.82, 2.24) is 0 Å². The molecule has 1 aliphatic carbocycles. The van der Waals surface area contributed by atoms with Crippen LogP contribution in [0.25, 0.3) is 0 Å². The van der Waals surface area contributed by atoms with E-state index in [0.29, 0.717) is 5.76 Å². The van der Waals surface area contributed by atoms with Crippen LogP contribution < -0.4 is 0 Å². The number of aliphatic hydroxyl groups is 1. The summed E-state index contributed by atoms with van der Waals surface area (Å²) < 4.78 is 0. The minimum atomic E-state index is -0.137. The van der Waals surface area contributed by atoms with E-state index in [1.165, 1.54) is 5.56 Å². The maximum absolute atomic E-state index is 9.39. The lowest BCUT2D eigenvalue weighted by Gasteiger charge is -2.21. The molecule has 15 heavy (non-hydrogen) atoms. The average molecular weight is 198 g/mol. The van der Waals surface area contributed by atoms with E-state index in [2.05, 4.69) is 25.1 Å². The Bertz CT molecular complexity index is 426. The SMILES string of the molecule is CC1(c2ccccc2)C=CC=C(O)C=C1. The molecule has 0 saturated carbocycles. The van der Waals surface area contributed by atoms with Crippen LogP contribution in [0.3, 0.4) is 0 Å². The Morgan fingerprint density at radius 2 is 1.80 bits per heavy atom. The van der Waals surface area contributed by atoms with E-state index in [4.69, 9.17) is 0 Å². The summed E-state index contributed by atoms with van der Waals surface area (Å²) in [7, 11) is 0. The molecule has 1 nitrogen and oxygen atoms in total. The zero-order valence-electron chi connectivity index (χ0n) is 8.72. The molecule has 0 bridgehead atoms. The van der Waals surface area contributed by atoms with Gasteiger partial charge in [0.2, 0.25) is 0 Å². The minimum Gasteiger partial charge on any atom is -0.508 e. The predicted molar refractivity (Wildman–Crippen MR) is 62.8 cm³/mol. The second-order valence-corrected chi connectivity index (χ2v) is 3.93. The van der Waals surface area contributed by atoms with Crippen LogP contribution in [0.2, 0.25) is 0 Å². The second-order valence-electron chi connectivity index (χ2n) is 3.93. The first-order valence-corrected chi connectivity index (χ1v) is 5.04. The molecule has 1 N–H and O–H groups in total. The molecule has 1 heteroatoms. The van der Waals surface area contributed by atoms with E-state index in [1.54, 1.807) is 12.2 Å². The molecule has 1 aromatic rings. The van der Waals surface area contributed by atoms with Gasteiger partial charge < -0.3 is 5.11 Å². The van der Waals surface area contributed by atoms with Crippen LogP contribution in [-0.2, 0) is 5.41 Å². The number of benzene rings is 1. The summed E-state index contributed by atoms with van der Waals surface area (Å²) in [4.78, 5) is 0. The van der Waals surface area contributed by atoms with E-state index in [1.807, 2.05) is 30.4 Å². The maximum Gasteiger partial charge on any atom is 0.115 e. The maximum atomic E-state index is 9.39. The lowest BCUT2D eigenvalue weighted by Crippen LogP contribution is -2.14. The molecule has 2 rings (SSSR count). The highest BCUT2D eigenvalue weighted by Gasteiger charge is 2.20. The lowest BCUT2D eigenvalue weighted by molar-refractivity contribution is 0.432. The summed E-state index contributed by atoms with van der Waals surface area (Å²) in [5.41, 5.74) is 1.09. The summed E-state index contributed by atoms with van der Waals surface area (Å²) >= 11 is 0. The zero-order chi connectivity index (χ0) is 10.7. The van der Waals surface area contributed by atoms with Gasteiger partial charge in [0.05, 0.1) is 0 Å². The summed E-state index contributed by atoms with van der Waals surface area (Å²) in [5.74, 6) is 0.297. The number of aliphatic hydroxyl groups excluding tert-OH is 1. The summed E-state index contributed by atoms with van der Waals surface area (Å²) in [6.07, 6.45) is 9.43. The monoisotopic (exact) mass is 198 g/mol. The minimum absolute atomic E-state index is 0.137. The number of hydrogen-bond donors (Lipinski definition) is 1. The fourth-order valence-electron chi connectivity index (χ4n) is 1.71. The molecule has 1 aromatic carbocycles. The number of rotatable bonds is 1. The Morgan fingerprint density at radius 1 is 1.07 bits per heavy atom. The third kappa shape index (κ3) is 2.01. The highest BCUT2D eigenvalue weighted by atomic mass is 16.3. The van der Waals surface area contributed by atoms with Crippen LogP contribution in [0, 0.1) is 0 Å². The molecule has 1 atom stereocenters. The van der Waals surface area contributed by atoms with Crippen molar-refractivity contribution in [3.05, 3.63) is 72.0 Å². The highest BCUT2D eigenvalue weighted by molar-refractivity contribution is 5.40. The Kier molecular flexibility index (Phi) is 2.46. The van der Waals surface area contributed by atoms with E-state index >= 15 is 0 Å². The standard InChI is InChI=1S/C14H14O/c1-14(12-6-3-2-4-7-12)10-5-8-13(15)9-11-14/h2-11,15H,1H3. The van der Waals surface area contributed by atoms with E-state index in [-0.39, 0.29) is 5.41 Å². The molecular weight excluding hydrogens is 184 g/mol. The molecule has 0 aromatic heterocycles. The first kappa shape index (κ1) is 9.78. The van der Waals surface area contributed by atoms with Crippen molar-refractivity contribution in [3.8, 4) is 0 Å². The van der Waals surface area contributed by atoms with Gasteiger partial charge in [0.15, 0.2) is 0 Å². The van der Waals surface area contributed by atoms with Gasteiger partial charge >= 0.3 is 0 Å². The second kappa shape index (κ2) is 3.77. The van der Waals surface area contributed by atoms with Gasteiger partial charge in [-0.25, -0.2) is 0 Å². The smallest absolute Gasteiger partial charge is 0.115 e. The lowest BCUT2D eigenvalue weighted by atomic mass is 9.82. The molecule has 0 aliphatic heterocycles. The fourth-order valence-corrected chi connectivity index (χ4v) is 1.71. The number of allylic oxidation sites excluding steroid dienone is 5. The first-order valence-electron chi connectivity index (χ1n) is 5.04. The summed E-state index contributed by atoms with van der Waals surface area (Å²) in [5, 5.41) is 9.39. The Hall–Kier alpha value is -1.76. The summed E-state index contributed by atoms with van der Waals surface area (Å²) in [6, 6.07) is 10.3. The van der Waals surface area contributed by atoms with Gasteiger partial charge in [-0.2, -0.15) is 0 Å². The van der Waals surface area contributed by atoms with Crippen molar-refractivity contribution < 1.29 is 5.11 Å². The van der Waals surface area contributed by atoms with Gasteiger partial charge in [0, 0.05) is 5.41 Å². The molecule has 0 heterocycles. The van der Waals surface area contributed by atoms with E-state index in [0.717, 1.165) is 0 Å². The van der Waals surface area contributed by atoms with Gasteiger partial charge in [0.1, 0.15) is 5.76 Å². The first-order chi connectivity index (χ1) is 7.21. The third-order valence-corrected chi connectivity index (χ3v) is 2.71. The largest absolute Gasteiger partial charge is 0.508 e. The molecular formula is C14H14O. The van der Waals surface area contributed by atoms with E-state index < -0.39 is 0 Å². The van der Waals surface area contributed by atoms with Crippen molar-refractivity contribution in [2.24, 2.45) is 0 Å². The van der Waals surface area contributed by atoms with Gasteiger partial charge in [-0.05, 0) is 24.6 Å². The molecule has 1 unspecified atom stereocenters. The highest BCUT2D eigenvalue weighted by Crippen LogP contribution is 2.28. The zero-order valence-corrected chi connectivity index (χ0v) is 8.72. The van der Waals surface area contributed by atoms with Crippen LogP contribution >= 0.6 is 0 Å². The Morgan fingerprint density at radius 3 is 2.53 bits per heavy atom. The van der Waals surface area contributed by atoms with Crippen LogP contribution in [0.5, 0.6) is 0 Å². The Balaban J connectivity index is 2.41. The van der Waals surface area contributed by atoms with Crippen molar-refractivity contribution >= 4 is 0 Å². The van der Waals surface area contributed by atoms with Crippen molar-refractivity contribution in [3.63, 3.8) is 0 Å². The number of hydrogen-bond acceptors (Lipinski definition) is 1. The van der Waals surface area contributed by atoms with Crippen LogP contribution in [0.4, 0.5) is 0 Å². The van der Waals surface area contributed by atoms with E-state index in [9.17, 15) is 5.11 Å². The molecule has 0 fully saturated rings. The average Bonchev–Trinajstić information content (AvgIpc) is 2.44.